The molecular formula is C19H28Cl2N4O4S. The highest BCUT2D eigenvalue weighted by molar-refractivity contribution is 7.86. The quantitative estimate of drug-likeness (QED) is 0.701. The van der Waals surface area contributed by atoms with Crippen LogP contribution in [0.1, 0.15) is 20.8 Å². The fourth-order valence-electron chi connectivity index (χ4n) is 3.80. The highest BCUT2D eigenvalue weighted by atomic mass is 35.5. The van der Waals surface area contributed by atoms with Gasteiger partial charge in [0.2, 0.25) is 5.91 Å². The molecule has 2 fully saturated rings. The van der Waals surface area contributed by atoms with Crippen molar-refractivity contribution in [3.05, 3.63) is 28.2 Å². The van der Waals surface area contributed by atoms with Crippen molar-refractivity contribution in [2.45, 2.75) is 39.0 Å². The van der Waals surface area contributed by atoms with E-state index in [1.54, 1.807) is 25.1 Å². The van der Waals surface area contributed by atoms with E-state index in [0.717, 1.165) is 0 Å². The maximum Gasteiger partial charge on any atom is 0.282 e. The molecule has 0 spiro atoms. The molecule has 2 aliphatic heterocycles. The third-order valence-corrected chi connectivity index (χ3v) is 7.94. The van der Waals surface area contributed by atoms with Crippen LogP contribution in [0.5, 0.6) is 0 Å². The van der Waals surface area contributed by atoms with E-state index in [1.807, 2.05) is 18.7 Å². The summed E-state index contributed by atoms with van der Waals surface area (Å²) in [4.78, 5) is 14.6. The first-order valence-corrected chi connectivity index (χ1v) is 12.1. The minimum atomic E-state index is -3.55. The normalized spacial score (nSPS) is 25.8. The average molecular weight is 479 g/mol. The summed E-state index contributed by atoms with van der Waals surface area (Å²) in [5.74, 6) is -0.202. The van der Waals surface area contributed by atoms with Gasteiger partial charge in [-0.3, -0.25) is 9.69 Å². The lowest BCUT2D eigenvalue weighted by Gasteiger charge is -2.41. The number of ether oxygens (including phenoxy) is 1. The van der Waals surface area contributed by atoms with Crippen LogP contribution >= 0.6 is 23.2 Å². The summed E-state index contributed by atoms with van der Waals surface area (Å²) in [5, 5.41) is 3.67. The zero-order valence-corrected chi connectivity index (χ0v) is 19.7. The van der Waals surface area contributed by atoms with Gasteiger partial charge in [-0.15, -0.1) is 0 Å². The van der Waals surface area contributed by atoms with Gasteiger partial charge in [-0.2, -0.15) is 17.0 Å². The summed E-state index contributed by atoms with van der Waals surface area (Å²) in [6.07, 6.45) is -0.263. The van der Waals surface area contributed by atoms with E-state index in [2.05, 4.69) is 5.32 Å². The Morgan fingerprint density at radius 2 is 1.70 bits per heavy atom. The van der Waals surface area contributed by atoms with Crippen LogP contribution in [-0.2, 0) is 19.7 Å². The first-order chi connectivity index (χ1) is 14.1. The van der Waals surface area contributed by atoms with E-state index >= 15 is 0 Å². The van der Waals surface area contributed by atoms with Crippen molar-refractivity contribution in [2.75, 3.05) is 44.6 Å². The molecule has 1 aromatic carbocycles. The highest BCUT2D eigenvalue weighted by Crippen LogP contribution is 2.26. The monoisotopic (exact) mass is 478 g/mol. The smallest absolute Gasteiger partial charge is 0.282 e. The van der Waals surface area contributed by atoms with Crippen LogP contribution in [-0.4, -0.2) is 85.4 Å². The number of carbonyl (C=O) groups excluding carboxylic acids is 1. The summed E-state index contributed by atoms with van der Waals surface area (Å²) in [5.41, 5.74) is 0.495. The second kappa shape index (κ2) is 9.68. The van der Waals surface area contributed by atoms with Gasteiger partial charge in [0.15, 0.2) is 0 Å². The molecule has 1 amide bonds. The van der Waals surface area contributed by atoms with Crippen molar-refractivity contribution in [1.29, 1.82) is 0 Å². The summed E-state index contributed by atoms with van der Waals surface area (Å²) in [6.45, 7) is 7.88. The lowest BCUT2D eigenvalue weighted by atomic mass is 10.2. The van der Waals surface area contributed by atoms with Gasteiger partial charge in [-0.1, -0.05) is 23.2 Å². The number of halogens is 2. The Bertz CT molecular complexity index is 867. The Hall–Kier alpha value is -0.940. The van der Waals surface area contributed by atoms with Gasteiger partial charge in [-0.05, 0) is 39.0 Å². The van der Waals surface area contributed by atoms with Gasteiger partial charge in [0.25, 0.3) is 10.2 Å². The topological polar surface area (TPSA) is 82.2 Å². The number of piperazine rings is 1. The molecule has 3 unspecified atom stereocenters. The number of anilines is 1. The molecule has 168 valence electrons. The summed E-state index contributed by atoms with van der Waals surface area (Å²) < 4.78 is 34.7. The molecule has 30 heavy (non-hydrogen) atoms. The van der Waals surface area contributed by atoms with E-state index in [0.29, 0.717) is 55.0 Å². The predicted molar refractivity (Wildman–Crippen MR) is 118 cm³/mol. The number of carbonyl (C=O) groups is 1. The fourth-order valence-corrected chi connectivity index (χ4v) is 6.00. The molecule has 2 saturated heterocycles. The molecule has 3 atom stereocenters. The molecule has 2 heterocycles. The van der Waals surface area contributed by atoms with Gasteiger partial charge in [-0.25, -0.2) is 0 Å². The van der Waals surface area contributed by atoms with E-state index < -0.39 is 16.3 Å². The van der Waals surface area contributed by atoms with E-state index in [-0.39, 0.29) is 18.1 Å². The summed E-state index contributed by atoms with van der Waals surface area (Å²) in [7, 11) is -3.55. The van der Waals surface area contributed by atoms with Gasteiger partial charge in [0.05, 0.1) is 29.0 Å². The van der Waals surface area contributed by atoms with E-state index in [1.165, 1.54) is 8.61 Å². The van der Waals surface area contributed by atoms with Crippen LogP contribution in [0.3, 0.4) is 0 Å². The lowest BCUT2D eigenvalue weighted by molar-refractivity contribution is -0.121. The average Bonchev–Trinajstić information content (AvgIpc) is 2.69. The number of hydrogen-bond donors (Lipinski definition) is 1. The zero-order valence-electron chi connectivity index (χ0n) is 17.3. The molecule has 2 aliphatic rings. The maximum atomic E-state index is 13.0. The van der Waals surface area contributed by atoms with Crippen molar-refractivity contribution in [3.63, 3.8) is 0 Å². The molecule has 11 heteroatoms. The maximum absolute atomic E-state index is 13.0. The molecule has 0 radical (unpaired) electrons. The minimum absolute atomic E-state index is 0.131. The Labute approximate surface area is 188 Å². The van der Waals surface area contributed by atoms with E-state index in [4.69, 9.17) is 27.9 Å². The molecule has 0 aliphatic carbocycles. The Morgan fingerprint density at radius 3 is 2.27 bits per heavy atom. The van der Waals surface area contributed by atoms with Crippen LogP contribution in [0.4, 0.5) is 5.69 Å². The van der Waals surface area contributed by atoms with E-state index in [9.17, 15) is 13.2 Å². The van der Waals surface area contributed by atoms with Crippen LogP contribution in [0.2, 0.25) is 10.0 Å². The first-order valence-electron chi connectivity index (χ1n) is 9.98. The van der Waals surface area contributed by atoms with Crippen molar-refractivity contribution < 1.29 is 17.9 Å². The number of morpholine rings is 1. The minimum Gasteiger partial charge on any atom is -0.373 e. The second-order valence-corrected chi connectivity index (χ2v) is 10.6. The Morgan fingerprint density at radius 1 is 1.10 bits per heavy atom. The molecule has 0 aromatic heterocycles. The van der Waals surface area contributed by atoms with Gasteiger partial charge >= 0.3 is 0 Å². The van der Waals surface area contributed by atoms with Crippen LogP contribution in [0, 0.1) is 0 Å². The predicted octanol–water partition coefficient (Wildman–Crippen LogP) is 2.29. The third-order valence-electron chi connectivity index (χ3n) is 5.43. The number of benzene rings is 1. The first kappa shape index (κ1) is 23.7. The highest BCUT2D eigenvalue weighted by Gasteiger charge is 2.37. The summed E-state index contributed by atoms with van der Waals surface area (Å²) >= 11 is 12.0. The van der Waals surface area contributed by atoms with Gasteiger partial charge < -0.3 is 10.1 Å². The number of nitrogens with one attached hydrogen (secondary N) is 1. The van der Waals surface area contributed by atoms with Gasteiger partial charge in [0, 0.05) is 44.3 Å². The fraction of sp³-hybridized carbons (Fsp3) is 0.632. The Balaban J connectivity index is 1.57. The van der Waals surface area contributed by atoms with Crippen LogP contribution < -0.4 is 5.32 Å². The van der Waals surface area contributed by atoms with Crippen molar-refractivity contribution in [2.24, 2.45) is 0 Å². The van der Waals surface area contributed by atoms with Crippen molar-refractivity contribution in [3.8, 4) is 0 Å². The molecular weight excluding hydrogens is 451 g/mol. The summed E-state index contributed by atoms with van der Waals surface area (Å²) in [6, 6.07) is 4.46. The third kappa shape index (κ3) is 5.45. The van der Waals surface area contributed by atoms with Gasteiger partial charge in [0.1, 0.15) is 0 Å². The molecule has 1 aromatic rings. The zero-order chi connectivity index (χ0) is 22.1. The molecule has 1 N–H and O–H groups in total. The molecule has 8 nitrogen and oxygen atoms in total. The number of amides is 1. The molecule has 3 rings (SSSR count). The van der Waals surface area contributed by atoms with Crippen molar-refractivity contribution in [1.82, 2.24) is 13.5 Å². The van der Waals surface area contributed by atoms with Crippen LogP contribution in [0.25, 0.3) is 0 Å². The standard InChI is InChI=1S/C19H28Cl2N4O4S/c1-13-11-25(12-14(2)29-13)30(27,28)24-8-6-23(7-9-24)15(3)19(26)22-18-5-4-16(20)10-17(18)21/h4-5,10,13-15H,6-9,11-12H2,1-3H3,(H,22,26). The number of rotatable bonds is 5. The largest absolute Gasteiger partial charge is 0.373 e. The molecule has 0 bridgehead atoms. The lowest BCUT2D eigenvalue weighted by Crippen LogP contribution is -2.58. The molecule has 0 saturated carbocycles. The second-order valence-electron chi connectivity index (χ2n) is 7.81. The number of nitrogens with zero attached hydrogens (tertiary/aromatic N) is 3. The number of hydrogen-bond acceptors (Lipinski definition) is 5. The van der Waals surface area contributed by atoms with Crippen LogP contribution in [0.15, 0.2) is 18.2 Å². The Kier molecular flexibility index (Phi) is 7.66. The SMILES string of the molecule is CC1CN(S(=O)(=O)N2CCN(C(C)C(=O)Nc3ccc(Cl)cc3Cl)CC2)CC(C)O1. The van der Waals surface area contributed by atoms with Crippen molar-refractivity contribution >= 4 is 45.0 Å².